The number of benzene rings is 3. The van der Waals surface area contributed by atoms with E-state index in [2.05, 4.69) is 108 Å². The molecule has 6 unspecified atom stereocenters. The second-order valence-corrected chi connectivity index (χ2v) is 25.6. The number of hydrogen-bond donors (Lipinski definition) is 0. The van der Waals surface area contributed by atoms with Crippen LogP contribution in [-0.2, 0) is 233 Å². The Kier molecular flexibility index (Phi) is 59.1. The first-order valence-electron chi connectivity index (χ1n) is 30.5. The van der Waals surface area contributed by atoms with Crippen LogP contribution in [0.3, 0.4) is 0 Å². The Labute approximate surface area is 717 Å². The van der Waals surface area contributed by atoms with Gasteiger partial charge in [-0.05, 0) is 206 Å². The molecule has 0 aliphatic carbocycles. The fourth-order valence-electron chi connectivity index (χ4n) is 11.5. The maximum atomic E-state index is 5.92. The van der Waals surface area contributed by atoms with Gasteiger partial charge < -0.3 is 66.6 Å². The van der Waals surface area contributed by atoms with Gasteiger partial charge in [-0.2, -0.15) is 66.6 Å². The summed E-state index contributed by atoms with van der Waals surface area (Å²) in [4.78, 5) is 20.1. The number of aromatic nitrogens is 2. The standard InChI is InChI=1S/C13H17BN.C12H15BNO.C12H15BN.C10H14BN2S.C9H12BN2S2.C9H13BNO.6Y/c1-2-11-5-3-6-12(9-11)10-13-7-4-8-15(13)14;1-15-12-6-2-4-10(9-12)8-11-5-3-7-14(11)13;13-14-10-4-7-12(14)9-8-11-5-2-1-3-6-11;11-13-7-2-4-9(13)3-1-5-10-12-6-8-14-10;10-12-5-1-2-8(12)3-6-13-9-11-4-7-14-9;1-12-8-3-2-5-9-6-4-7-11(9)10;;;;;;/h3,5-6,9,13H,1-2,4,7-8,10H2;2,4,6,9,11H,1,3,5,7-8H2;2-3,5-6,12H,4,7-10H2;6,9H,1-5,7H2;7-8H,1-3,5-6H2;9H,1,4-8H2;;;;;;/q6*-1;;;;;;. The van der Waals surface area contributed by atoms with Gasteiger partial charge in [0.05, 0.1) is 12.4 Å². The minimum Gasteiger partial charge on any atom is -0.665 e. The zero-order valence-electron chi connectivity index (χ0n) is 53.4. The molecule has 3 aromatic carbocycles. The zero-order chi connectivity index (χ0) is 59.6. The molecule has 90 heavy (non-hydrogen) atoms. The van der Waals surface area contributed by atoms with Crippen molar-refractivity contribution in [3.63, 3.8) is 0 Å². The van der Waals surface area contributed by atoms with Crippen molar-refractivity contribution in [2.75, 3.05) is 51.6 Å². The van der Waals surface area contributed by atoms with Gasteiger partial charge in [0.2, 0.25) is 0 Å². The second-order valence-electron chi connectivity index (χ2n) is 22.5. The van der Waals surface area contributed by atoms with Crippen LogP contribution in [0.5, 0.6) is 5.75 Å². The van der Waals surface area contributed by atoms with Crippen molar-refractivity contribution in [3.05, 3.63) is 150 Å². The van der Waals surface area contributed by atoms with Gasteiger partial charge in [-0.25, -0.2) is 18.4 Å². The van der Waals surface area contributed by atoms with E-state index in [9.17, 15) is 0 Å². The molecule has 5 aromatic rings. The Morgan fingerprint density at radius 1 is 0.578 bits per heavy atom. The summed E-state index contributed by atoms with van der Waals surface area (Å²) in [5.74, 6) is 7.81. The van der Waals surface area contributed by atoms with Crippen molar-refractivity contribution in [1.29, 1.82) is 0 Å². The first-order valence-corrected chi connectivity index (χ1v) is 33.2. The largest absolute Gasteiger partial charge is 0.665 e. The fourth-order valence-corrected chi connectivity index (χ4v) is 13.8. The summed E-state index contributed by atoms with van der Waals surface area (Å²) in [6, 6.07) is 31.2. The zero-order valence-corrected chi connectivity index (χ0v) is 72.9. The topological polar surface area (TPSA) is 63.7 Å². The predicted octanol–water partition coefficient (Wildman–Crippen LogP) is 10.6. The van der Waals surface area contributed by atoms with Crippen LogP contribution in [0.2, 0.25) is 0 Å². The Hall–Kier alpha value is 3.36. The van der Waals surface area contributed by atoms with Crippen LogP contribution in [0.4, 0.5) is 0 Å². The van der Waals surface area contributed by atoms with Crippen molar-refractivity contribution in [1.82, 2.24) is 38.8 Å². The first-order chi connectivity index (χ1) is 41.0. The molecule has 6 saturated heterocycles. The van der Waals surface area contributed by atoms with Crippen molar-refractivity contribution >= 4 is 82.3 Å². The van der Waals surface area contributed by atoms with E-state index in [0.29, 0.717) is 42.9 Å². The molecule has 0 N–H and O–H groups in total. The average Bonchev–Trinajstić information content (AvgIpc) is 4.62. The molecule has 458 valence electrons. The van der Waals surface area contributed by atoms with Crippen LogP contribution in [-0.4, -0.2) is 175 Å². The van der Waals surface area contributed by atoms with Gasteiger partial charge >= 0.3 is 0 Å². The molecule has 6 atom stereocenters. The summed E-state index contributed by atoms with van der Waals surface area (Å²) < 4.78 is 10.6. The summed E-state index contributed by atoms with van der Waals surface area (Å²) in [6.07, 6.45) is 30.1. The molecule has 0 saturated carbocycles. The third-order valence-electron chi connectivity index (χ3n) is 16.4. The number of rotatable bonds is 19. The minimum absolute atomic E-state index is 0. The Balaban J connectivity index is 0.00000104. The van der Waals surface area contributed by atoms with Gasteiger partial charge in [0.1, 0.15) is 0 Å². The van der Waals surface area contributed by atoms with Crippen LogP contribution >= 0.6 is 34.4 Å². The summed E-state index contributed by atoms with van der Waals surface area (Å²) in [5.41, 5.74) is 5.36. The van der Waals surface area contributed by atoms with Crippen molar-refractivity contribution < 1.29 is 206 Å². The van der Waals surface area contributed by atoms with Gasteiger partial charge in [-0.1, -0.05) is 83.2 Å². The van der Waals surface area contributed by atoms with Crippen LogP contribution in [0.1, 0.15) is 136 Å². The van der Waals surface area contributed by atoms with E-state index in [4.69, 9.17) is 52.6 Å². The molecule has 2 aromatic heterocycles. The smallest absolute Gasteiger partial charge is 0.182 e. The van der Waals surface area contributed by atoms with E-state index in [-0.39, 0.29) is 196 Å². The molecule has 0 spiro atoms. The molecular weight excluding hydrogens is 1620 g/mol. The van der Waals surface area contributed by atoms with E-state index in [1.54, 1.807) is 28.9 Å². The van der Waals surface area contributed by atoms with E-state index in [0.717, 1.165) is 100 Å². The van der Waals surface area contributed by atoms with Crippen molar-refractivity contribution in [2.24, 2.45) is 0 Å². The third kappa shape index (κ3) is 37.9. The third-order valence-corrected chi connectivity index (χ3v) is 19.1. The Morgan fingerprint density at radius 3 is 1.56 bits per heavy atom. The van der Waals surface area contributed by atoms with Gasteiger partial charge in [-0.3, -0.25) is 0 Å². The molecule has 8 heterocycles. The van der Waals surface area contributed by atoms with E-state index in [1.165, 1.54) is 124 Å². The summed E-state index contributed by atoms with van der Waals surface area (Å²) in [5, 5.41) is 6.11. The van der Waals surface area contributed by atoms with E-state index >= 15 is 0 Å². The second kappa shape index (κ2) is 56.9. The first kappa shape index (κ1) is 93.4. The minimum atomic E-state index is 0. The molecule has 6 fully saturated rings. The van der Waals surface area contributed by atoms with Gasteiger partial charge in [0.25, 0.3) is 0 Å². The quantitative estimate of drug-likeness (QED) is 0.0344. The number of ether oxygens (including phenoxy) is 2. The van der Waals surface area contributed by atoms with Gasteiger partial charge in [-0.15, -0.1) is 6.20 Å². The monoisotopic (exact) mass is 1710 g/mol. The molecule has 0 bridgehead atoms. The molecule has 6 aliphatic heterocycles. The number of hydrogen-bond acceptors (Lipinski definition) is 13. The summed E-state index contributed by atoms with van der Waals surface area (Å²) >= 11 is 5.09. The molecule has 10 nitrogen and oxygen atoms in total. The molecule has 18 radical (unpaired) electrons. The van der Waals surface area contributed by atoms with E-state index in [1.807, 2.05) is 76.3 Å². The number of thioether (sulfide) groups is 1. The molecule has 0 amide bonds. The van der Waals surface area contributed by atoms with Crippen LogP contribution in [0.25, 0.3) is 0 Å². The summed E-state index contributed by atoms with van der Waals surface area (Å²) in [7, 11) is 41.7. The molecule has 6 aliphatic rings. The average molecular weight is 1710 g/mol. The normalized spacial score (nSPS) is 21.1. The summed E-state index contributed by atoms with van der Waals surface area (Å²) in [6.45, 7) is 10.6. The Bertz CT molecular complexity index is 2450. The van der Waals surface area contributed by atoms with Crippen LogP contribution in [0.15, 0.2) is 88.7 Å². The van der Waals surface area contributed by atoms with Crippen molar-refractivity contribution in [3.8, 4) is 17.6 Å². The van der Waals surface area contributed by atoms with Gasteiger partial charge in [0, 0.05) is 221 Å². The number of nitrogens with zero attached hydrogens (tertiary/aromatic N) is 8. The van der Waals surface area contributed by atoms with Crippen molar-refractivity contribution in [2.45, 2.75) is 182 Å². The number of thiazole rings is 2. The SMILES string of the molecule is [B]N1CCCC1CC#CCO[CH2-].[B]N1CCCC1CCCc1nc[c-]s1.[B]N1CCCC1CCSc1n[c-]cs1.[B]N1CCCC1CCc1cc[c-]cc1.[B]N1CCCC1Cc1cccc(C[CH2-])c1.[B]N1CCCC1Cc1cccc(O[CH2-])c1.[Y].[Y].[Y].[Y].[Y].[Y]. The van der Waals surface area contributed by atoms with Crippen LogP contribution < -0.4 is 4.74 Å². The number of aryl methyl sites for hydroxylation is 2. The van der Waals surface area contributed by atoms with E-state index < -0.39 is 0 Å². The van der Waals surface area contributed by atoms with Gasteiger partial charge in [0.15, 0.2) is 47.9 Å². The maximum absolute atomic E-state index is 5.92. The molecule has 11 rings (SSSR count). The maximum Gasteiger partial charge on any atom is 0.182 e. The predicted molar refractivity (Wildman–Crippen MR) is 356 cm³/mol. The Morgan fingerprint density at radius 2 is 1.08 bits per heavy atom. The molecule has 25 heteroatoms. The molecular formula is C65H86B6N8O2S3Y6-6. The van der Waals surface area contributed by atoms with Crippen LogP contribution in [0, 0.1) is 50.6 Å². The fraction of sp³-hybridized carbons (Fsp3) is 0.554.